The maximum atomic E-state index is 11.7. The second kappa shape index (κ2) is 7.07. The Morgan fingerprint density at radius 3 is 2.71 bits per heavy atom. The van der Waals surface area contributed by atoms with Crippen molar-refractivity contribution in [3.05, 3.63) is 35.4 Å². The molecular formula is C14H22N2O. The molecule has 0 aromatic heterocycles. The third-order valence-corrected chi connectivity index (χ3v) is 2.86. The van der Waals surface area contributed by atoms with Crippen LogP contribution in [0.15, 0.2) is 24.3 Å². The third kappa shape index (κ3) is 4.57. The van der Waals surface area contributed by atoms with E-state index >= 15 is 0 Å². The number of carbonyl (C=O) groups excluding carboxylic acids is 1. The number of hydrogen-bond donors (Lipinski definition) is 2. The molecule has 1 atom stereocenters. The first-order valence-corrected chi connectivity index (χ1v) is 6.14. The van der Waals surface area contributed by atoms with Gasteiger partial charge in [-0.1, -0.05) is 24.3 Å². The molecule has 0 fully saturated rings. The molecule has 0 saturated heterocycles. The van der Waals surface area contributed by atoms with Gasteiger partial charge in [0.25, 0.3) is 0 Å². The molecule has 0 aliphatic rings. The predicted molar refractivity (Wildman–Crippen MR) is 70.9 cm³/mol. The van der Waals surface area contributed by atoms with E-state index in [4.69, 9.17) is 0 Å². The van der Waals surface area contributed by atoms with Crippen LogP contribution in [0.1, 0.15) is 36.9 Å². The smallest absolute Gasteiger partial charge is 0.220 e. The summed E-state index contributed by atoms with van der Waals surface area (Å²) < 4.78 is 0. The summed E-state index contributed by atoms with van der Waals surface area (Å²) in [5.41, 5.74) is 2.41. The van der Waals surface area contributed by atoms with Gasteiger partial charge in [-0.2, -0.15) is 0 Å². The quantitative estimate of drug-likeness (QED) is 0.741. The SMILES string of the molecule is CNCCCC(=O)N[C@H](C)c1ccccc1C. The lowest BCUT2D eigenvalue weighted by molar-refractivity contribution is -0.121. The summed E-state index contributed by atoms with van der Waals surface area (Å²) in [5.74, 6) is 0.121. The zero-order valence-corrected chi connectivity index (χ0v) is 10.9. The van der Waals surface area contributed by atoms with Crippen molar-refractivity contribution in [1.82, 2.24) is 10.6 Å². The summed E-state index contributed by atoms with van der Waals surface area (Å²) in [4.78, 5) is 11.7. The van der Waals surface area contributed by atoms with Crippen LogP contribution in [0.2, 0.25) is 0 Å². The van der Waals surface area contributed by atoms with E-state index in [1.165, 1.54) is 11.1 Å². The maximum Gasteiger partial charge on any atom is 0.220 e. The second-order valence-electron chi connectivity index (χ2n) is 4.35. The first-order valence-electron chi connectivity index (χ1n) is 6.14. The Labute approximate surface area is 104 Å². The van der Waals surface area contributed by atoms with Crippen molar-refractivity contribution in [2.45, 2.75) is 32.7 Å². The van der Waals surface area contributed by atoms with Gasteiger partial charge in [0, 0.05) is 6.42 Å². The van der Waals surface area contributed by atoms with Crippen LogP contribution >= 0.6 is 0 Å². The van der Waals surface area contributed by atoms with Gasteiger partial charge < -0.3 is 10.6 Å². The average molecular weight is 234 g/mol. The molecule has 0 saturated carbocycles. The molecule has 1 aromatic rings. The highest BCUT2D eigenvalue weighted by molar-refractivity contribution is 5.76. The van der Waals surface area contributed by atoms with Crippen molar-refractivity contribution in [3.63, 3.8) is 0 Å². The van der Waals surface area contributed by atoms with Crippen LogP contribution in [0.4, 0.5) is 0 Å². The van der Waals surface area contributed by atoms with Gasteiger partial charge in [0.2, 0.25) is 5.91 Å². The highest BCUT2D eigenvalue weighted by atomic mass is 16.1. The first kappa shape index (κ1) is 13.7. The lowest BCUT2D eigenvalue weighted by atomic mass is 10.0. The monoisotopic (exact) mass is 234 g/mol. The van der Waals surface area contributed by atoms with Crippen molar-refractivity contribution in [3.8, 4) is 0 Å². The van der Waals surface area contributed by atoms with Gasteiger partial charge in [-0.15, -0.1) is 0 Å². The van der Waals surface area contributed by atoms with Gasteiger partial charge in [0.05, 0.1) is 6.04 Å². The molecule has 2 N–H and O–H groups in total. The minimum absolute atomic E-state index is 0.0817. The van der Waals surface area contributed by atoms with Crippen molar-refractivity contribution in [1.29, 1.82) is 0 Å². The van der Waals surface area contributed by atoms with Crippen LogP contribution in [-0.4, -0.2) is 19.5 Å². The zero-order valence-electron chi connectivity index (χ0n) is 10.9. The minimum Gasteiger partial charge on any atom is -0.350 e. The standard InChI is InChI=1S/C14H22N2O/c1-11-7-4-5-8-13(11)12(2)16-14(17)9-6-10-15-3/h4-5,7-8,12,15H,6,9-10H2,1-3H3,(H,16,17)/t12-/m1/s1. The molecule has 3 heteroatoms. The third-order valence-electron chi connectivity index (χ3n) is 2.86. The fourth-order valence-corrected chi connectivity index (χ4v) is 1.89. The molecule has 1 rings (SSSR count). The van der Waals surface area contributed by atoms with Gasteiger partial charge in [0.1, 0.15) is 0 Å². The molecule has 0 aliphatic carbocycles. The molecule has 0 spiro atoms. The van der Waals surface area contributed by atoms with Crippen LogP contribution in [-0.2, 0) is 4.79 Å². The average Bonchev–Trinajstić information content (AvgIpc) is 2.29. The van der Waals surface area contributed by atoms with E-state index in [-0.39, 0.29) is 11.9 Å². The van der Waals surface area contributed by atoms with E-state index < -0.39 is 0 Å². The van der Waals surface area contributed by atoms with Gasteiger partial charge in [0.15, 0.2) is 0 Å². The lowest BCUT2D eigenvalue weighted by Crippen LogP contribution is -2.27. The van der Waals surface area contributed by atoms with Crippen LogP contribution in [0.5, 0.6) is 0 Å². The molecule has 1 aromatic carbocycles. The first-order chi connectivity index (χ1) is 8.15. The summed E-state index contributed by atoms with van der Waals surface area (Å²) in [6.07, 6.45) is 1.46. The number of hydrogen-bond acceptors (Lipinski definition) is 2. The molecule has 0 aliphatic heterocycles. The summed E-state index contributed by atoms with van der Waals surface area (Å²) in [6.45, 7) is 4.98. The Morgan fingerprint density at radius 2 is 2.06 bits per heavy atom. The molecule has 0 radical (unpaired) electrons. The summed E-state index contributed by atoms with van der Waals surface area (Å²) in [7, 11) is 1.90. The van der Waals surface area contributed by atoms with E-state index in [9.17, 15) is 4.79 Å². The van der Waals surface area contributed by atoms with Crippen LogP contribution in [0.25, 0.3) is 0 Å². The van der Waals surface area contributed by atoms with E-state index in [0.717, 1.165) is 13.0 Å². The molecule has 0 unspecified atom stereocenters. The molecule has 3 nitrogen and oxygen atoms in total. The Morgan fingerprint density at radius 1 is 1.35 bits per heavy atom. The minimum atomic E-state index is 0.0817. The predicted octanol–water partition coefficient (Wildman–Crippen LogP) is 2.17. The van der Waals surface area contributed by atoms with Gasteiger partial charge in [-0.25, -0.2) is 0 Å². The molecule has 0 bridgehead atoms. The molecule has 1 amide bonds. The van der Waals surface area contributed by atoms with Crippen LogP contribution < -0.4 is 10.6 Å². The summed E-state index contributed by atoms with van der Waals surface area (Å²) >= 11 is 0. The Balaban J connectivity index is 2.46. The van der Waals surface area contributed by atoms with Gasteiger partial charge >= 0.3 is 0 Å². The lowest BCUT2D eigenvalue weighted by Gasteiger charge is -2.16. The van der Waals surface area contributed by atoms with E-state index in [2.05, 4.69) is 29.7 Å². The zero-order chi connectivity index (χ0) is 12.7. The number of carbonyl (C=O) groups is 1. The van der Waals surface area contributed by atoms with Crippen molar-refractivity contribution in [2.75, 3.05) is 13.6 Å². The highest BCUT2D eigenvalue weighted by Gasteiger charge is 2.10. The Kier molecular flexibility index (Phi) is 5.70. The maximum absolute atomic E-state index is 11.7. The van der Waals surface area contributed by atoms with E-state index in [1.807, 2.05) is 26.1 Å². The van der Waals surface area contributed by atoms with Crippen molar-refractivity contribution >= 4 is 5.91 Å². The summed E-state index contributed by atoms with van der Waals surface area (Å²) in [6, 6.07) is 8.23. The second-order valence-corrected chi connectivity index (χ2v) is 4.35. The fourth-order valence-electron chi connectivity index (χ4n) is 1.89. The normalized spacial score (nSPS) is 12.2. The topological polar surface area (TPSA) is 41.1 Å². The number of rotatable bonds is 6. The van der Waals surface area contributed by atoms with Crippen molar-refractivity contribution < 1.29 is 4.79 Å². The van der Waals surface area contributed by atoms with Crippen molar-refractivity contribution in [2.24, 2.45) is 0 Å². The van der Waals surface area contributed by atoms with Crippen LogP contribution in [0, 0.1) is 6.92 Å². The summed E-state index contributed by atoms with van der Waals surface area (Å²) in [5, 5.41) is 6.07. The molecule has 17 heavy (non-hydrogen) atoms. The number of aryl methyl sites for hydroxylation is 1. The number of amides is 1. The van der Waals surface area contributed by atoms with Crippen LogP contribution in [0.3, 0.4) is 0 Å². The van der Waals surface area contributed by atoms with E-state index in [0.29, 0.717) is 6.42 Å². The largest absolute Gasteiger partial charge is 0.350 e. The fraction of sp³-hybridized carbons (Fsp3) is 0.500. The number of benzene rings is 1. The Hall–Kier alpha value is -1.35. The van der Waals surface area contributed by atoms with Gasteiger partial charge in [-0.3, -0.25) is 4.79 Å². The highest BCUT2D eigenvalue weighted by Crippen LogP contribution is 2.16. The van der Waals surface area contributed by atoms with E-state index in [1.54, 1.807) is 0 Å². The number of nitrogens with one attached hydrogen (secondary N) is 2. The molecular weight excluding hydrogens is 212 g/mol. The molecule has 0 heterocycles. The Bertz CT molecular complexity index is 363. The molecule has 94 valence electrons. The van der Waals surface area contributed by atoms with Gasteiger partial charge in [-0.05, 0) is 45.0 Å².